The Kier molecular flexibility index (Phi) is 4.72. The molecule has 5 heteroatoms. The van der Waals surface area contributed by atoms with Crippen LogP contribution in [0.3, 0.4) is 0 Å². The summed E-state index contributed by atoms with van der Waals surface area (Å²) in [4.78, 5) is 23.1. The Balaban J connectivity index is 2.86. The molecular weight excluding hydrogens is 345 g/mol. The summed E-state index contributed by atoms with van der Waals surface area (Å²) in [6, 6.07) is 6.06. The number of carbonyl (C=O) groups excluding carboxylic acids is 1. The van der Waals surface area contributed by atoms with E-state index in [1.165, 1.54) is 0 Å². The topological polar surface area (TPSA) is 66.4 Å². The first-order valence-corrected chi connectivity index (χ1v) is 6.59. The van der Waals surface area contributed by atoms with E-state index in [4.69, 9.17) is 5.11 Å². The van der Waals surface area contributed by atoms with E-state index in [0.29, 0.717) is 5.56 Å². The molecule has 0 saturated carbocycles. The maximum atomic E-state index is 11.9. The molecule has 0 unspecified atom stereocenters. The van der Waals surface area contributed by atoms with Gasteiger partial charge in [0.25, 0.3) is 5.91 Å². The monoisotopic (exact) mass is 361 g/mol. The minimum Gasteiger partial charge on any atom is -0.480 e. The van der Waals surface area contributed by atoms with Crippen molar-refractivity contribution < 1.29 is 14.7 Å². The van der Waals surface area contributed by atoms with Crippen LogP contribution in [0, 0.1) is 8.99 Å². The van der Waals surface area contributed by atoms with Gasteiger partial charge in [-0.2, -0.15) is 0 Å². The maximum absolute atomic E-state index is 11.9. The van der Waals surface area contributed by atoms with Crippen molar-refractivity contribution in [1.29, 1.82) is 0 Å². The number of amides is 1. The van der Waals surface area contributed by atoms with Crippen LogP contribution in [0.2, 0.25) is 0 Å². The van der Waals surface area contributed by atoms with Gasteiger partial charge < -0.3 is 10.4 Å². The van der Waals surface area contributed by atoms with Gasteiger partial charge in [0.15, 0.2) is 0 Å². The van der Waals surface area contributed by atoms with E-state index in [0.717, 1.165) is 3.57 Å². The summed E-state index contributed by atoms with van der Waals surface area (Å²) in [7, 11) is 0. The molecule has 0 heterocycles. The van der Waals surface area contributed by atoms with Crippen molar-refractivity contribution in [3.8, 4) is 0 Å². The van der Waals surface area contributed by atoms with Crippen LogP contribution in [-0.2, 0) is 4.79 Å². The highest BCUT2D eigenvalue weighted by Gasteiger charge is 2.32. The molecule has 2 N–H and O–H groups in total. The zero-order valence-corrected chi connectivity index (χ0v) is 12.7. The quantitative estimate of drug-likeness (QED) is 0.814. The second-order valence-corrected chi connectivity index (χ2v) is 6.36. The molecule has 0 aliphatic heterocycles. The van der Waals surface area contributed by atoms with Gasteiger partial charge in [0.1, 0.15) is 6.04 Å². The molecule has 0 aliphatic rings. The van der Waals surface area contributed by atoms with Crippen LogP contribution in [0.4, 0.5) is 0 Å². The Bertz CT molecular complexity index is 448. The minimum absolute atomic E-state index is 0.367. The first-order chi connectivity index (χ1) is 8.21. The third kappa shape index (κ3) is 3.97. The zero-order chi connectivity index (χ0) is 13.9. The van der Waals surface area contributed by atoms with Crippen LogP contribution in [0.5, 0.6) is 0 Å². The number of halogens is 1. The number of hydrogen-bond acceptors (Lipinski definition) is 2. The lowest BCUT2D eigenvalue weighted by Crippen LogP contribution is -2.49. The summed E-state index contributed by atoms with van der Waals surface area (Å²) >= 11 is 2.14. The molecule has 0 fully saturated rings. The van der Waals surface area contributed by atoms with E-state index in [-0.39, 0.29) is 5.91 Å². The molecule has 1 rings (SSSR count). The molecular formula is C13H16INO3. The SMILES string of the molecule is CC(C)(C)[C@H](NC(=O)c1ccc(I)cc1)C(=O)O. The van der Waals surface area contributed by atoms with Crippen molar-refractivity contribution >= 4 is 34.5 Å². The fourth-order valence-corrected chi connectivity index (χ4v) is 1.82. The number of carboxylic acids is 1. The van der Waals surface area contributed by atoms with E-state index in [9.17, 15) is 9.59 Å². The van der Waals surface area contributed by atoms with Crippen LogP contribution in [-0.4, -0.2) is 23.0 Å². The van der Waals surface area contributed by atoms with Gasteiger partial charge >= 0.3 is 5.97 Å². The first-order valence-electron chi connectivity index (χ1n) is 5.51. The number of nitrogens with one attached hydrogen (secondary N) is 1. The average Bonchev–Trinajstić information content (AvgIpc) is 2.24. The number of benzene rings is 1. The summed E-state index contributed by atoms with van der Waals surface area (Å²) in [5, 5.41) is 11.7. The fourth-order valence-electron chi connectivity index (χ4n) is 1.46. The number of carboxylic acid groups (broad SMARTS) is 1. The number of rotatable bonds is 3. The minimum atomic E-state index is -1.03. The molecule has 0 saturated heterocycles. The van der Waals surface area contributed by atoms with Crippen LogP contribution in [0.15, 0.2) is 24.3 Å². The van der Waals surface area contributed by atoms with Gasteiger partial charge in [0.05, 0.1) is 0 Å². The van der Waals surface area contributed by atoms with Crippen LogP contribution in [0.1, 0.15) is 31.1 Å². The van der Waals surface area contributed by atoms with Gasteiger partial charge in [-0.15, -0.1) is 0 Å². The second kappa shape index (κ2) is 5.69. The van der Waals surface area contributed by atoms with Crippen molar-refractivity contribution in [1.82, 2.24) is 5.32 Å². The Morgan fingerprint density at radius 1 is 1.22 bits per heavy atom. The normalized spacial score (nSPS) is 12.9. The summed E-state index contributed by atoms with van der Waals surface area (Å²) in [5.41, 5.74) is -0.0732. The van der Waals surface area contributed by atoms with Gasteiger partial charge in [0, 0.05) is 9.13 Å². The first kappa shape index (κ1) is 14.9. The Morgan fingerprint density at radius 2 is 1.72 bits per heavy atom. The van der Waals surface area contributed by atoms with Crippen molar-refractivity contribution in [2.24, 2.45) is 5.41 Å². The maximum Gasteiger partial charge on any atom is 0.326 e. The summed E-state index contributed by atoms with van der Waals surface area (Å²) in [6.45, 7) is 5.33. The summed E-state index contributed by atoms with van der Waals surface area (Å²) < 4.78 is 1.02. The molecule has 0 spiro atoms. The van der Waals surface area contributed by atoms with E-state index in [2.05, 4.69) is 27.9 Å². The standard InChI is InChI=1S/C13H16INO3/c1-13(2,3)10(12(17)18)15-11(16)8-4-6-9(14)7-5-8/h4-7,10H,1-3H3,(H,15,16)(H,17,18)/t10-/m1/s1. The molecule has 1 atom stereocenters. The Labute approximate surface area is 120 Å². The molecule has 98 valence electrons. The third-order valence-electron chi connectivity index (χ3n) is 2.49. The van der Waals surface area contributed by atoms with Gasteiger partial charge in [-0.25, -0.2) is 4.79 Å². The number of carbonyl (C=O) groups is 2. The average molecular weight is 361 g/mol. The predicted octanol–water partition coefficient (Wildman–Crippen LogP) is 2.52. The largest absolute Gasteiger partial charge is 0.480 e. The molecule has 1 amide bonds. The number of aliphatic carboxylic acids is 1. The van der Waals surface area contributed by atoms with Crippen LogP contribution < -0.4 is 5.32 Å². The molecule has 18 heavy (non-hydrogen) atoms. The molecule has 4 nitrogen and oxygen atoms in total. The van der Waals surface area contributed by atoms with Gasteiger partial charge in [-0.1, -0.05) is 20.8 Å². The van der Waals surface area contributed by atoms with Crippen molar-refractivity contribution in [3.05, 3.63) is 33.4 Å². The van der Waals surface area contributed by atoms with E-state index in [1.54, 1.807) is 32.9 Å². The Morgan fingerprint density at radius 3 is 2.11 bits per heavy atom. The van der Waals surface area contributed by atoms with Gasteiger partial charge in [-0.05, 0) is 52.3 Å². The van der Waals surface area contributed by atoms with Gasteiger partial charge in [0.2, 0.25) is 0 Å². The third-order valence-corrected chi connectivity index (χ3v) is 3.21. The van der Waals surface area contributed by atoms with Crippen LogP contribution in [0.25, 0.3) is 0 Å². The van der Waals surface area contributed by atoms with Crippen molar-refractivity contribution in [2.75, 3.05) is 0 Å². The highest BCUT2D eigenvalue weighted by Crippen LogP contribution is 2.20. The molecule has 1 aromatic carbocycles. The fraction of sp³-hybridized carbons (Fsp3) is 0.385. The van der Waals surface area contributed by atoms with Crippen molar-refractivity contribution in [2.45, 2.75) is 26.8 Å². The van der Waals surface area contributed by atoms with Gasteiger partial charge in [-0.3, -0.25) is 4.79 Å². The predicted molar refractivity (Wildman–Crippen MR) is 77.5 cm³/mol. The highest BCUT2D eigenvalue weighted by molar-refractivity contribution is 14.1. The van der Waals surface area contributed by atoms with E-state index in [1.807, 2.05) is 12.1 Å². The molecule has 1 aromatic rings. The van der Waals surface area contributed by atoms with Crippen molar-refractivity contribution in [3.63, 3.8) is 0 Å². The molecule has 0 radical (unpaired) electrons. The van der Waals surface area contributed by atoms with E-state index >= 15 is 0 Å². The number of hydrogen-bond donors (Lipinski definition) is 2. The van der Waals surface area contributed by atoms with E-state index < -0.39 is 17.4 Å². The highest BCUT2D eigenvalue weighted by atomic mass is 127. The Hall–Kier alpha value is -1.11. The molecule has 0 bridgehead atoms. The van der Waals surface area contributed by atoms with Crippen LogP contribution >= 0.6 is 22.6 Å². The second-order valence-electron chi connectivity index (χ2n) is 5.12. The molecule has 0 aromatic heterocycles. The lowest BCUT2D eigenvalue weighted by molar-refractivity contribution is -0.142. The zero-order valence-electron chi connectivity index (χ0n) is 10.5. The lowest BCUT2D eigenvalue weighted by Gasteiger charge is -2.27. The summed E-state index contributed by atoms with van der Waals surface area (Å²) in [5.74, 6) is -1.39. The summed E-state index contributed by atoms with van der Waals surface area (Å²) in [6.07, 6.45) is 0. The smallest absolute Gasteiger partial charge is 0.326 e. The lowest BCUT2D eigenvalue weighted by atomic mass is 9.86. The molecule has 0 aliphatic carbocycles.